The average Bonchev–Trinajstić information content (AvgIpc) is 2.95. The summed E-state index contributed by atoms with van der Waals surface area (Å²) in [5.74, 6) is 2.77. The van der Waals surface area contributed by atoms with Gasteiger partial charge in [-0.1, -0.05) is 6.07 Å². The summed E-state index contributed by atoms with van der Waals surface area (Å²) in [6.07, 6.45) is 3.53. The second kappa shape index (κ2) is 6.96. The third-order valence-corrected chi connectivity index (χ3v) is 3.04. The second-order valence-electron chi connectivity index (χ2n) is 4.37. The number of nitrogens with one attached hydrogen (secondary N) is 1. The SMILES string of the molecule is CNCCCc1ncc(-c2cccc(OC)c2OC)o1. The Kier molecular flexibility index (Phi) is 5.01. The zero-order valence-corrected chi connectivity index (χ0v) is 12.1. The molecule has 0 spiro atoms. The molecule has 0 atom stereocenters. The molecule has 2 aromatic rings. The van der Waals surface area contributed by atoms with E-state index < -0.39 is 0 Å². The van der Waals surface area contributed by atoms with Crippen LogP contribution in [-0.2, 0) is 6.42 Å². The number of aryl methyl sites for hydroxylation is 1. The van der Waals surface area contributed by atoms with Crippen molar-refractivity contribution in [3.8, 4) is 22.8 Å². The Morgan fingerprint density at radius 2 is 2.10 bits per heavy atom. The van der Waals surface area contributed by atoms with Gasteiger partial charge in [-0.3, -0.25) is 0 Å². The number of para-hydroxylation sites is 1. The van der Waals surface area contributed by atoms with E-state index in [4.69, 9.17) is 13.9 Å². The first-order valence-electron chi connectivity index (χ1n) is 6.60. The van der Waals surface area contributed by atoms with E-state index in [1.54, 1.807) is 20.4 Å². The Morgan fingerprint density at radius 1 is 1.25 bits per heavy atom. The van der Waals surface area contributed by atoms with Gasteiger partial charge in [0.15, 0.2) is 23.1 Å². The number of nitrogens with zero attached hydrogens (tertiary/aromatic N) is 1. The second-order valence-corrected chi connectivity index (χ2v) is 4.37. The minimum Gasteiger partial charge on any atom is -0.493 e. The van der Waals surface area contributed by atoms with Gasteiger partial charge in [0.25, 0.3) is 0 Å². The summed E-state index contributed by atoms with van der Waals surface area (Å²) in [6, 6.07) is 5.69. The molecule has 0 aliphatic carbocycles. The Labute approximate surface area is 118 Å². The fourth-order valence-electron chi connectivity index (χ4n) is 2.05. The summed E-state index contributed by atoms with van der Waals surface area (Å²) < 4.78 is 16.5. The summed E-state index contributed by atoms with van der Waals surface area (Å²) >= 11 is 0. The third kappa shape index (κ3) is 3.11. The number of rotatable bonds is 7. The smallest absolute Gasteiger partial charge is 0.194 e. The highest BCUT2D eigenvalue weighted by molar-refractivity contribution is 5.69. The number of hydrogen-bond donors (Lipinski definition) is 1. The highest BCUT2D eigenvalue weighted by atomic mass is 16.5. The van der Waals surface area contributed by atoms with Gasteiger partial charge in [0.05, 0.1) is 26.0 Å². The maximum Gasteiger partial charge on any atom is 0.194 e. The van der Waals surface area contributed by atoms with Crippen LogP contribution in [0.3, 0.4) is 0 Å². The molecule has 1 aromatic carbocycles. The summed E-state index contributed by atoms with van der Waals surface area (Å²) in [4.78, 5) is 4.30. The Bertz CT molecular complexity index is 552. The fourth-order valence-corrected chi connectivity index (χ4v) is 2.05. The van der Waals surface area contributed by atoms with Crippen molar-refractivity contribution in [3.63, 3.8) is 0 Å². The summed E-state index contributed by atoms with van der Waals surface area (Å²) in [5, 5.41) is 3.10. The minimum atomic E-state index is 0.660. The van der Waals surface area contributed by atoms with Crippen molar-refractivity contribution in [1.29, 1.82) is 0 Å². The predicted molar refractivity (Wildman–Crippen MR) is 77.3 cm³/mol. The molecule has 108 valence electrons. The van der Waals surface area contributed by atoms with E-state index in [2.05, 4.69) is 10.3 Å². The fraction of sp³-hybridized carbons (Fsp3) is 0.400. The number of methoxy groups -OCH3 is 2. The number of aromatic nitrogens is 1. The molecular formula is C15H20N2O3. The molecule has 1 N–H and O–H groups in total. The lowest BCUT2D eigenvalue weighted by molar-refractivity contribution is 0.355. The van der Waals surface area contributed by atoms with Crippen LogP contribution in [0.2, 0.25) is 0 Å². The lowest BCUT2D eigenvalue weighted by atomic mass is 10.1. The van der Waals surface area contributed by atoms with Crippen LogP contribution in [-0.4, -0.2) is 32.8 Å². The Hall–Kier alpha value is -2.01. The average molecular weight is 276 g/mol. The third-order valence-electron chi connectivity index (χ3n) is 3.04. The number of oxazole rings is 1. The molecule has 0 aliphatic rings. The zero-order valence-electron chi connectivity index (χ0n) is 12.1. The lowest BCUT2D eigenvalue weighted by Crippen LogP contribution is -2.08. The number of benzene rings is 1. The molecule has 0 amide bonds. The van der Waals surface area contributed by atoms with Gasteiger partial charge in [0, 0.05) is 6.42 Å². The molecule has 0 saturated carbocycles. The normalized spacial score (nSPS) is 10.6. The van der Waals surface area contributed by atoms with Crippen LogP contribution in [0.15, 0.2) is 28.8 Å². The minimum absolute atomic E-state index is 0.660. The molecule has 20 heavy (non-hydrogen) atoms. The molecule has 1 heterocycles. The molecule has 0 fully saturated rings. The van der Waals surface area contributed by atoms with Gasteiger partial charge < -0.3 is 19.2 Å². The van der Waals surface area contributed by atoms with Crippen molar-refractivity contribution in [1.82, 2.24) is 10.3 Å². The van der Waals surface area contributed by atoms with E-state index in [1.165, 1.54) is 0 Å². The zero-order chi connectivity index (χ0) is 14.4. The van der Waals surface area contributed by atoms with Gasteiger partial charge in [-0.05, 0) is 32.1 Å². The van der Waals surface area contributed by atoms with Crippen molar-refractivity contribution in [2.45, 2.75) is 12.8 Å². The molecule has 0 radical (unpaired) electrons. The van der Waals surface area contributed by atoms with Crippen molar-refractivity contribution >= 4 is 0 Å². The van der Waals surface area contributed by atoms with E-state index in [-0.39, 0.29) is 0 Å². The van der Waals surface area contributed by atoms with Gasteiger partial charge in [-0.15, -0.1) is 0 Å². The molecular weight excluding hydrogens is 256 g/mol. The molecule has 0 bridgehead atoms. The molecule has 0 aliphatic heterocycles. The predicted octanol–water partition coefficient (Wildman–Crippen LogP) is 2.51. The number of hydrogen-bond acceptors (Lipinski definition) is 5. The van der Waals surface area contributed by atoms with E-state index >= 15 is 0 Å². The summed E-state index contributed by atoms with van der Waals surface area (Å²) in [7, 11) is 5.17. The topological polar surface area (TPSA) is 56.5 Å². The van der Waals surface area contributed by atoms with Crippen LogP contribution in [0, 0.1) is 0 Å². The van der Waals surface area contributed by atoms with Crippen LogP contribution < -0.4 is 14.8 Å². The first-order chi connectivity index (χ1) is 9.80. The molecule has 5 heteroatoms. The molecule has 0 unspecified atom stereocenters. The van der Waals surface area contributed by atoms with Crippen molar-refractivity contribution in [2.24, 2.45) is 0 Å². The van der Waals surface area contributed by atoms with Crippen LogP contribution in [0.1, 0.15) is 12.3 Å². The van der Waals surface area contributed by atoms with Gasteiger partial charge in [-0.25, -0.2) is 4.98 Å². The van der Waals surface area contributed by atoms with Crippen LogP contribution in [0.25, 0.3) is 11.3 Å². The van der Waals surface area contributed by atoms with Gasteiger partial charge >= 0.3 is 0 Å². The largest absolute Gasteiger partial charge is 0.493 e. The van der Waals surface area contributed by atoms with Crippen molar-refractivity contribution in [3.05, 3.63) is 30.3 Å². The van der Waals surface area contributed by atoms with E-state index in [1.807, 2.05) is 25.2 Å². The van der Waals surface area contributed by atoms with Crippen molar-refractivity contribution in [2.75, 3.05) is 27.8 Å². The lowest BCUT2D eigenvalue weighted by Gasteiger charge is -2.10. The molecule has 2 rings (SSSR count). The van der Waals surface area contributed by atoms with Crippen molar-refractivity contribution < 1.29 is 13.9 Å². The van der Waals surface area contributed by atoms with Gasteiger partial charge in [0.1, 0.15) is 0 Å². The first-order valence-corrected chi connectivity index (χ1v) is 6.60. The Morgan fingerprint density at radius 3 is 2.80 bits per heavy atom. The Balaban J connectivity index is 2.23. The molecule has 0 saturated heterocycles. The monoisotopic (exact) mass is 276 g/mol. The van der Waals surface area contributed by atoms with E-state index in [0.717, 1.165) is 30.8 Å². The summed E-state index contributed by atoms with van der Waals surface area (Å²) in [6.45, 7) is 0.945. The molecule has 1 aromatic heterocycles. The van der Waals surface area contributed by atoms with Gasteiger partial charge in [-0.2, -0.15) is 0 Å². The van der Waals surface area contributed by atoms with E-state index in [0.29, 0.717) is 17.3 Å². The van der Waals surface area contributed by atoms with Gasteiger partial charge in [0.2, 0.25) is 0 Å². The van der Waals surface area contributed by atoms with Crippen LogP contribution >= 0.6 is 0 Å². The maximum absolute atomic E-state index is 5.78. The van der Waals surface area contributed by atoms with Crippen LogP contribution in [0.4, 0.5) is 0 Å². The maximum atomic E-state index is 5.78. The highest BCUT2D eigenvalue weighted by Gasteiger charge is 2.15. The number of ether oxygens (including phenoxy) is 2. The molecule has 5 nitrogen and oxygen atoms in total. The quantitative estimate of drug-likeness (QED) is 0.787. The van der Waals surface area contributed by atoms with Crippen LogP contribution in [0.5, 0.6) is 11.5 Å². The summed E-state index contributed by atoms with van der Waals surface area (Å²) in [5.41, 5.74) is 0.846. The standard InChI is InChI=1S/C15H20N2O3/c1-16-9-5-8-14-17-10-13(20-14)11-6-4-7-12(18-2)15(11)19-3/h4,6-7,10,16H,5,8-9H2,1-3H3. The first kappa shape index (κ1) is 14.4. The van der Waals surface area contributed by atoms with E-state index in [9.17, 15) is 0 Å². The highest BCUT2D eigenvalue weighted by Crippen LogP contribution is 2.37.